The minimum atomic E-state index is -0.428. The van der Waals surface area contributed by atoms with Crippen molar-refractivity contribution in [3.8, 4) is 0 Å². The third kappa shape index (κ3) is 2.89. The number of rotatable bonds is 2. The van der Waals surface area contributed by atoms with Crippen molar-refractivity contribution in [2.45, 2.75) is 25.8 Å². The van der Waals surface area contributed by atoms with Crippen LogP contribution >= 0.6 is 0 Å². The van der Waals surface area contributed by atoms with Gasteiger partial charge in [0.15, 0.2) is 0 Å². The first kappa shape index (κ1) is 13.6. The lowest BCUT2D eigenvalue weighted by Gasteiger charge is -2.15. The molecule has 0 saturated carbocycles. The maximum Gasteiger partial charge on any atom is 0.319 e. The number of halogens is 1. The third-order valence-electron chi connectivity index (χ3n) is 3.81. The van der Waals surface area contributed by atoms with Crippen LogP contribution in [0.5, 0.6) is 0 Å². The summed E-state index contributed by atoms with van der Waals surface area (Å²) in [4.78, 5) is 12.1. The van der Waals surface area contributed by atoms with Crippen molar-refractivity contribution < 1.29 is 9.18 Å². The highest BCUT2D eigenvalue weighted by atomic mass is 19.1. The van der Waals surface area contributed by atoms with Gasteiger partial charge in [-0.3, -0.25) is 0 Å². The standard InChI is InChI=1S/C17H17FN2O/c1-11-6-8-14(18)16(10-11)20-17(21)19-15-9-7-12-4-2-3-5-13(12)15/h2-6,8,10,15H,7,9H2,1H3,(H2,19,20,21). The van der Waals surface area contributed by atoms with Crippen LogP contribution in [0.15, 0.2) is 42.5 Å². The quantitative estimate of drug-likeness (QED) is 0.861. The normalized spacial score (nSPS) is 16.4. The Kier molecular flexibility index (Phi) is 3.60. The molecule has 3 rings (SSSR count). The number of hydrogen-bond acceptors (Lipinski definition) is 1. The summed E-state index contributed by atoms with van der Waals surface area (Å²) in [7, 11) is 0. The molecule has 0 aromatic heterocycles. The molecule has 0 aliphatic heterocycles. The molecule has 0 fully saturated rings. The highest BCUT2D eigenvalue weighted by Gasteiger charge is 2.23. The molecule has 0 heterocycles. The number of anilines is 1. The van der Waals surface area contributed by atoms with Gasteiger partial charge in [-0.05, 0) is 48.6 Å². The van der Waals surface area contributed by atoms with Gasteiger partial charge in [-0.1, -0.05) is 30.3 Å². The molecular weight excluding hydrogens is 267 g/mol. The fourth-order valence-electron chi connectivity index (χ4n) is 2.76. The number of benzene rings is 2. The number of amides is 2. The Bertz CT molecular complexity index is 684. The van der Waals surface area contributed by atoms with E-state index in [1.807, 2.05) is 25.1 Å². The zero-order valence-electron chi connectivity index (χ0n) is 11.8. The molecule has 2 N–H and O–H groups in total. The number of carbonyl (C=O) groups is 1. The van der Waals surface area contributed by atoms with Crippen molar-refractivity contribution in [2.75, 3.05) is 5.32 Å². The van der Waals surface area contributed by atoms with E-state index < -0.39 is 5.82 Å². The number of urea groups is 1. The molecule has 0 bridgehead atoms. The molecule has 0 radical (unpaired) electrons. The van der Waals surface area contributed by atoms with Crippen molar-refractivity contribution in [3.05, 3.63) is 65.0 Å². The Hall–Kier alpha value is -2.36. The van der Waals surface area contributed by atoms with Gasteiger partial charge in [0.1, 0.15) is 5.82 Å². The van der Waals surface area contributed by atoms with E-state index >= 15 is 0 Å². The van der Waals surface area contributed by atoms with Crippen LogP contribution in [0.3, 0.4) is 0 Å². The molecule has 3 nitrogen and oxygen atoms in total. The molecule has 2 aromatic carbocycles. The van der Waals surface area contributed by atoms with E-state index in [9.17, 15) is 9.18 Å². The van der Waals surface area contributed by atoms with Crippen LogP contribution in [-0.2, 0) is 6.42 Å². The predicted molar refractivity (Wildman–Crippen MR) is 80.8 cm³/mol. The average Bonchev–Trinajstić information content (AvgIpc) is 2.86. The lowest BCUT2D eigenvalue weighted by atomic mass is 10.1. The van der Waals surface area contributed by atoms with Gasteiger partial charge in [-0.25, -0.2) is 9.18 Å². The summed E-state index contributed by atoms with van der Waals surface area (Å²) in [6.45, 7) is 1.86. The maximum atomic E-state index is 13.6. The minimum absolute atomic E-state index is 0.00549. The van der Waals surface area contributed by atoms with Crippen molar-refractivity contribution in [1.29, 1.82) is 0 Å². The topological polar surface area (TPSA) is 41.1 Å². The molecule has 2 aromatic rings. The van der Waals surface area contributed by atoms with Crippen LogP contribution in [0, 0.1) is 12.7 Å². The third-order valence-corrected chi connectivity index (χ3v) is 3.81. The molecule has 1 atom stereocenters. The summed E-state index contributed by atoms with van der Waals surface area (Å²) in [5, 5.41) is 5.50. The van der Waals surface area contributed by atoms with Gasteiger partial charge < -0.3 is 10.6 Å². The molecule has 108 valence electrons. The molecule has 21 heavy (non-hydrogen) atoms. The summed E-state index contributed by atoms with van der Waals surface area (Å²) >= 11 is 0. The van der Waals surface area contributed by atoms with E-state index in [0.717, 1.165) is 24.0 Å². The second-order valence-corrected chi connectivity index (χ2v) is 5.37. The van der Waals surface area contributed by atoms with Gasteiger partial charge in [0.05, 0.1) is 11.7 Å². The van der Waals surface area contributed by atoms with E-state index in [0.29, 0.717) is 0 Å². The summed E-state index contributed by atoms with van der Waals surface area (Å²) in [5.74, 6) is -0.428. The van der Waals surface area contributed by atoms with Gasteiger partial charge in [0.25, 0.3) is 0 Å². The van der Waals surface area contributed by atoms with E-state index in [1.54, 1.807) is 12.1 Å². The molecule has 0 spiro atoms. The number of fused-ring (bicyclic) bond motifs is 1. The van der Waals surface area contributed by atoms with Crippen molar-refractivity contribution in [1.82, 2.24) is 5.32 Å². The van der Waals surface area contributed by atoms with Crippen LogP contribution in [0.2, 0.25) is 0 Å². The summed E-state index contributed by atoms with van der Waals surface area (Å²) in [6, 6.07) is 12.4. The number of hydrogen-bond donors (Lipinski definition) is 2. The molecule has 4 heteroatoms. The first-order valence-electron chi connectivity index (χ1n) is 7.05. The van der Waals surface area contributed by atoms with Crippen LogP contribution in [0.25, 0.3) is 0 Å². The zero-order valence-corrected chi connectivity index (χ0v) is 11.8. The second kappa shape index (κ2) is 5.56. The Labute approximate surface area is 123 Å². The maximum absolute atomic E-state index is 13.6. The monoisotopic (exact) mass is 284 g/mol. The van der Waals surface area contributed by atoms with E-state index in [4.69, 9.17) is 0 Å². The van der Waals surface area contributed by atoms with E-state index in [-0.39, 0.29) is 17.8 Å². The summed E-state index contributed by atoms with van der Waals surface area (Å²) < 4.78 is 13.6. The van der Waals surface area contributed by atoms with Gasteiger partial charge in [0.2, 0.25) is 0 Å². The molecular formula is C17H17FN2O. The van der Waals surface area contributed by atoms with Crippen LogP contribution < -0.4 is 10.6 Å². The number of aryl methyl sites for hydroxylation is 2. The van der Waals surface area contributed by atoms with E-state index in [2.05, 4.69) is 16.7 Å². The molecule has 1 unspecified atom stereocenters. The van der Waals surface area contributed by atoms with Gasteiger partial charge in [-0.2, -0.15) is 0 Å². The molecule has 1 aliphatic carbocycles. The number of carbonyl (C=O) groups excluding carboxylic acids is 1. The number of nitrogens with one attached hydrogen (secondary N) is 2. The Morgan fingerprint density at radius 2 is 2.05 bits per heavy atom. The van der Waals surface area contributed by atoms with E-state index in [1.165, 1.54) is 11.6 Å². The van der Waals surface area contributed by atoms with Crippen molar-refractivity contribution in [3.63, 3.8) is 0 Å². The van der Waals surface area contributed by atoms with Crippen LogP contribution in [-0.4, -0.2) is 6.03 Å². The van der Waals surface area contributed by atoms with Crippen LogP contribution in [0.4, 0.5) is 14.9 Å². The first-order chi connectivity index (χ1) is 10.1. The molecule has 1 aliphatic rings. The lowest BCUT2D eigenvalue weighted by Crippen LogP contribution is -2.31. The fraction of sp³-hybridized carbons (Fsp3) is 0.235. The Morgan fingerprint density at radius 3 is 2.90 bits per heavy atom. The predicted octanol–water partition coefficient (Wildman–Crippen LogP) is 3.94. The average molecular weight is 284 g/mol. The van der Waals surface area contributed by atoms with Crippen molar-refractivity contribution in [2.24, 2.45) is 0 Å². The molecule has 0 saturated heterocycles. The smallest absolute Gasteiger partial charge is 0.319 e. The minimum Gasteiger partial charge on any atom is -0.331 e. The highest BCUT2D eigenvalue weighted by Crippen LogP contribution is 2.30. The molecule has 2 amide bonds. The first-order valence-corrected chi connectivity index (χ1v) is 7.05. The fourth-order valence-corrected chi connectivity index (χ4v) is 2.76. The largest absolute Gasteiger partial charge is 0.331 e. The SMILES string of the molecule is Cc1ccc(F)c(NC(=O)NC2CCc3ccccc32)c1. The van der Waals surface area contributed by atoms with Crippen LogP contribution in [0.1, 0.15) is 29.2 Å². The lowest BCUT2D eigenvalue weighted by molar-refractivity contribution is 0.248. The second-order valence-electron chi connectivity index (χ2n) is 5.37. The Balaban J connectivity index is 1.69. The summed E-state index contributed by atoms with van der Waals surface area (Å²) in [5.41, 5.74) is 3.53. The highest BCUT2D eigenvalue weighted by molar-refractivity contribution is 5.89. The summed E-state index contributed by atoms with van der Waals surface area (Å²) in [6.07, 6.45) is 1.84. The van der Waals surface area contributed by atoms with Gasteiger partial charge in [0, 0.05) is 0 Å². The zero-order chi connectivity index (χ0) is 14.8. The van der Waals surface area contributed by atoms with Gasteiger partial charge >= 0.3 is 6.03 Å². The Morgan fingerprint density at radius 1 is 1.24 bits per heavy atom. The van der Waals surface area contributed by atoms with Gasteiger partial charge in [-0.15, -0.1) is 0 Å². The van der Waals surface area contributed by atoms with Crippen molar-refractivity contribution >= 4 is 11.7 Å².